The van der Waals surface area contributed by atoms with Crippen molar-refractivity contribution < 1.29 is 18.7 Å². The van der Waals surface area contributed by atoms with Gasteiger partial charge < -0.3 is 10.1 Å². The minimum Gasteiger partial charge on any atom is -0.495 e. The number of hydrogen-bond donors (Lipinski definition) is 3. The van der Waals surface area contributed by atoms with E-state index < -0.39 is 17.6 Å². The van der Waals surface area contributed by atoms with Crippen molar-refractivity contribution >= 4 is 33.4 Å². The first kappa shape index (κ1) is 17.7. The minimum absolute atomic E-state index is 0.0768. The molecule has 126 valence electrons. The van der Waals surface area contributed by atoms with E-state index in [1.54, 1.807) is 24.3 Å². The number of anilines is 1. The van der Waals surface area contributed by atoms with E-state index in [4.69, 9.17) is 4.74 Å². The number of nitrogens with one attached hydrogen (secondary N) is 3. The Balaban J connectivity index is 1.87. The number of para-hydroxylation sites is 2. The summed E-state index contributed by atoms with van der Waals surface area (Å²) in [4.78, 5) is 23.7. The SMILES string of the molecule is COc1ccccc1NCC(=O)NNC(=O)c1cc(F)ccc1Br. The average molecular weight is 396 g/mol. The molecule has 0 aliphatic heterocycles. The highest BCUT2D eigenvalue weighted by molar-refractivity contribution is 9.10. The van der Waals surface area contributed by atoms with Gasteiger partial charge in [-0.25, -0.2) is 4.39 Å². The van der Waals surface area contributed by atoms with Crippen LogP contribution in [-0.4, -0.2) is 25.5 Å². The van der Waals surface area contributed by atoms with Crippen LogP contribution in [0.15, 0.2) is 46.9 Å². The topological polar surface area (TPSA) is 79.5 Å². The van der Waals surface area contributed by atoms with Crippen LogP contribution < -0.4 is 20.9 Å². The lowest BCUT2D eigenvalue weighted by Crippen LogP contribution is -2.44. The first-order chi connectivity index (χ1) is 11.5. The van der Waals surface area contributed by atoms with Gasteiger partial charge in [-0.1, -0.05) is 12.1 Å². The number of amides is 2. The second kappa shape index (κ2) is 8.30. The number of benzene rings is 2. The molecule has 0 heterocycles. The van der Waals surface area contributed by atoms with Gasteiger partial charge in [-0.2, -0.15) is 0 Å². The molecule has 2 aromatic carbocycles. The number of rotatable bonds is 5. The Morgan fingerprint density at radius 2 is 1.92 bits per heavy atom. The standard InChI is InChI=1S/C16H15BrFN3O3/c1-24-14-5-3-2-4-13(14)19-9-15(22)20-21-16(23)11-8-10(18)6-7-12(11)17/h2-8,19H,9H2,1H3,(H,20,22)(H,21,23). The van der Waals surface area contributed by atoms with Crippen LogP contribution >= 0.6 is 15.9 Å². The van der Waals surface area contributed by atoms with E-state index in [2.05, 4.69) is 32.1 Å². The van der Waals surface area contributed by atoms with Gasteiger partial charge in [-0.15, -0.1) is 0 Å². The summed E-state index contributed by atoms with van der Waals surface area (Å²) in [5, 5.41) is 2.89. The maximum absolute atomic E-state index is 13.2. The summed E-state index contributed by atoms with van der Waals surface area (Å²) in [6.45, 7) is -0.0784. The zero-order valence-electron chi connectivity index (χ0n) is 12.7. The third kappa shape index (κ3) is 4.69. The molecule has 0 atom stereocenters. The van der Waals surface area contributed by atoms with Gasteiger partial charge in [-0.3, -0.25) is 20.4 Å². The Morgan fingerprint density at radius 1 is 1.17 bits per heavy atom. The number of hydrogen-bond acceptors (Lipinski definition) is 4. The van der Waals surface area contributed by atoms with Gasteiger partial charge in [0.2, 0.25) is 0 Å². The van der Waals surface area contributed by atoms with E-state index >= 15 is 0 Å². The molecule has 2 amide bonds. The van der Waals surface area contributed by atoms with Crippen LogP contribution in [0.3, 0.4) is 0 Å². The van der Waals surface area contributed by atoms with Crippen molar-refractivity contribution in [2.75, 3.05) is 19.0 Å². The minimum atomic E-state index is -0.632. The fourth-order valence-corrected chi connectivity index (χ4v) is 2.30. The fourth-order valence-electron chi connectivity index (χ4n) is 1.88. The summed E-state index contributed by atoms with van der Waals surface area (Å²) < 4.78 is 18.7. The highest BCUT2D eigenvalue weighted by Crippen LogP contribution is 2.22. The Bertz CT molecular complexity index is 755. The molecule has 0 saturated heterocycles. The summed E-state index contributed by atoms with van der Waals surface area (Å²) >= 11 is 3.15. The monoisotopic (exact) mass is 395 g/mol. The van der Waals surface area contributed by atoms with Crippen LogP contribution in [0.25, 0.3) is 0 Å². The van der Waals surface area contributed by atoms with Gasteiger partial charge in [0.1, 0.15) is 11.6 Å². The Morgan fingerprint density at radius 3 is 2.67 bits per heavy atom. The smallest absolute Gasteiger partial charge is 0.270 e. The summed E-state index contributed by atoms with van der Waals surface area (Å²) in [7, 11) is 1.53. The molecule has 6 nitrogen and oxygen atoms in total. The number of halogens is 2. The van der Waals surface area contributed by atoms with Gasteiger partial charge in [-0.05, 0) is 46.3 Å². The fraction of sp³-hybridized carbons (Fsp3) is 0.125. The number of hydrazine groups is 1. The predicted octanol–water partition coefficient (Wildman–Crippen LogP) is 2.47. The molecule has 0 bridgehead atoms. The quantitative estimate of drug-likeness (QED) is 0.679. The molecule has 0 aliphatic carbocycles. The van der Waals surface area contributed by atoms with E-state index in [1.165, 1.54) is 19.2 Å². The van der Waals surface area contributed by atoms with E-state index in [9.17, 15) is 14.0 Å². The van der Waals surface area contributed by atoms with Gasteiger partial charge in [0.25, 0.3) is 11.8 Å². The predicted molar refractivity (Wildman–Crippen MR) is 91.2 cm³/mol. The molecule has 2 aromatic rings. The molecule has 3 N–H and O–H groups in total. The molecular formula is C16H15BrFN3O3. The molecule has 0 fully saturated rings. The molecule has 0 aliphatic rings. The summed E-state index contributed by atoms with van der Waals surface area (Å²) in [6, 6.07) is 10.8. The van der Waals surface area contributed by atoms with Crippen molar-refractivity contribution in [1.82, 2.24) is 10.9 Å². The number of methoxy groups -OCH3 is 1. The van der Waals surface area contributed by atoms with Crippen molar-refractivity contribution in [1.29, 1.82) is 0 Å². The Hall–Kier alpha value is -2.61. The van der Waals surface area contributed by atoms with Gasteiger partial charge in [0.05, 0.1) is 24.9 Å². The zero-order chi connectivity index (χ0) is 17.5. The van der Waals surface area contributed by atoms with E-state index in [1.807, 2.05) is 0 Å². The maximum Gasteiger partial charge on any atom is 0.270 e. The van der Waals surface area contributed by atoms with Crippen LogP contribution in [0.4, 0.5) is 10.1 Å². The lowest BCUT2D eigenvalue weighted by molar-refractivity contribution is -0.120. The summed E-state index contributed by atoms with van der Waals surface area (Å²) in [6.07, 6.45) is 0. The molecule has 2 rings (SSSR count). The van der Waals surface area contributed by atoms with E-state index in [0.29, 0.717) is 15.9 Å². The molecule has 0 spiro atoms. The number of carbonyl (C=O) groups is 2. The summed E-state index contributed by atoms with van der Waals surface area (Å²) in [5.41, 5.74) is 5.20. The molecule has 0 radical (unpaired) electrons. The van der Waals surface area contributed by atoms with Crippen molar-refractivity contribution in [3.8, 4) is 5.75 Å². The maximum atomic E-state index is 13.2. The number of carbonyl (C=O) groups excluding carboxylic acids is 2. The van der Waals surface area contributed by atoms with Crippen molar-refractivity contribution in [3.63, 3.8) is 0 Å². The van der Waals surface area contributed by atoms with Crippen molar-refractivity contribution in [2.24, 2.45) is 0 Å². The molecule has 0 aromatic heterocycles. The molecular weight excluding hydrogens is 381 g/mol. The molecule has 0 unspecified atom stereocenters. The zero-order valence-corrected chi connectivity index (χ0v) is 14.3. The first-order valence-electron chi connectivity index (χ1n) is 6.92. The molecule has 24 heavy (non-hydrogen) atoms. The normalized spacial score (nSPS) is 9.96. The second-order valence-electron chi connectivity index (χ2n) is 4.68. The lowest BCUT2D eigenvalue weighted by atomic mass is 10.2. The third-order valence-corrected chi connectivity index (χ3v) is 3.73. The average Bonchev–Trinajstić information content (AvgIpc) is 2.60. The Kier molecular flexibility index (Phi) is 6.14. The van der Waals surface area contributed by atoms with Crippen LogP contribution in [-0.2, 0) is 4.79 Å². The van der Waals surface area contributed by atoms with Crippen molar-refractivity contribution in [2.45, 2.75) is 0 Å². The third-order valence-electron chi connectivity index (χ3n) is 3.03. The molecule has 8 heteroatoms. The molecule has 0 saturated carbocycles. The second-order valence-corrected chi connectivity index (χ2v) is 5.53. The van der Waals surface area contributed by atoms with Gasteiger partial charge in [0, 0.05) is 4.47 Å². The van der Waals surface area contributed by atoms with Gasteiger partial charge in [0.15, 0.2) is 0 Å². The highest BCUT2D eigenvalue weighted by Gasteiger charge is 2.12. The Labute approximate surface area is 146 Å². The van der Waals surface area contributed by atoms with E-state index in [0.717, 1.165) is 6.07 Å². The highest BCUT2D eigenvalue weighted by atomic mass is 79.9. The lowest BCUT2D eigenvalue weighted by Gasteiger charge is -2.12. The van der Waals surface area contributed by atoms with Crippen LogP contribution in [0.1, 0.15) is 10.4 Å². The van der Waals surface area contributed by atoms with Crippen molar-refractivity contribution in [3.05, 3.63) is 58.3 Å². The first-order valence-corrected chi connectivity index (χ1v) is 7.71. The summed E-state index contributed by atoms with van der Waals surface area (Å²) in [5.74, 6) is -1.06. The van der Waals surface area contributed by atoms with Crippen LogP contribution in [0.2, 0.25) is 0 Å². The largest absolute Gasteiger partial charge is 0.495 e. The van der Waals surface area contributed by atoms with Crippen LogP contribution in [0.5, 0.6) is 5.75 Å². The van der Waals surface area contributed by atoms with Gasteiger partial charge >= 0.3 is 0 Å². The van der Waals surface area contributed by atoms with Crippen LogP contribution in [0, 0.1) is 5.82 Å². The number of ether oxygens (including phenoxy) is 1. The van der Waals surface area contributed by atoms with E-state index in [-0.39, 0.29) is 12.1 Å².